The van der Waals surface area contributed by atoms with Gasteiger partial charge in [0.15, 0.2) is 0 Å². The van der Waals surface area contributed by atoms with E-state index < -0.39 is 0 Å². The molecule has 0 bridgehead atoms. The zero-order valence-corrected chi connectivity index (χ0v) is 11.5. The molecule has 0 spiro atoms. The average molecular weight is 284 g/mol. The molecule has 7 nitrogen and oxygen atoms in total. The Kier molecular flexibility index (Phi) is 6.89. The highest BCUT2D eigenvalue weighted by molar-refractivity contribution is 6.13. The standard InChI is InChI=1S/C13H20N2O5/c1-10(9-16)20-8-2-6-14-11(17)5-7-15-12(18)3-4-13(15)19/h3-4,10,16H,2,5-9H2,1H3,(H,14,17). The summed E-state index contributed by atoms with van der Waals surface area (Å²) in [5, 5.41) is 11.4. The van der Waals surface area contributed by atoms with Gasteiger partial charge in [-0.05, 0) is 13.3 Å². The van der Waals surface area contributed by atoms with E-state index in [0.29, 0.717) is 19.6 Å². The number of carbonyl (C=O) groups is 3. The van der Waals surface area contributed by atoms with Gasteiger partial charge in [0.25, 0.3) is 11.8 Å². The number of amides is 3. The van der Waals surface area contributed by atoms with Gasteiger partial charge in [0, 0.05) is 38.3 Å². The molecule has 1 unspecified atom stereocenters. The van der Waals surface area contributed by atoms with E-state index >= 15 is 0 Å². The number of hydrogen-bond acceptors (Lipinski definition) is 5. The summed E-state index contributed by atoms with van der Waals surface area (Å²) < 4.78 is 5.24. The number of nitrogens with zero attached hydrogens (tertiary/aromatic N) is 1. The molecule has 1 rings (SSSR count). The van der Waals surface area contributed by atoms with E-state index in [4.69, 9.17) is 9.84 Å². The lowest BCUT2D eigenvalue weighted by atomic mass is 10.3. The van der Waals surface area contributed by atoms with Crippen LogP contribution in [-0.2, 0) is 19.1 Å². The predicted octanol–water partition coefficient (Wildman–Crippen LogP) is -0.795. The molecule has 1 heterocycles. The van der Waals surface area contributed by atoms with Crippen LogP contribution in [-0.4, -0.2) is 60.1 Å². The Hall–Kier alpha value is -1.73. The molecule has 20 heavy (non-hydrogen) atoms. The average Bonchev–Trinajstić information content (AvgIpc) is 2.75. The molecular weight excluding hydrogens is 264 g/mol. The first-order valence-electron chi connectivity index (χ1n) is 6.57. The van der Waals surface area contributed by atoms with Crippen molar-refractivity contribution in [2.75, 3.05) is 26.3 Å². The van der Waals surface area contributed by atoms with Gasteiger partial charge < -0.3 is 15.2 Å². The largest absolute Gasteiger partial charge is 0.394 e. The molecule has 0 saturated carbocycles. The second-order valence-corrected chi connectivity index (χ2v) is 4.48. The van der Waals surface area contributed by atoms with Crippen LogP contribution in [0.25, 0.3) is 0 Å². The fourth-order valence-electron chi connectivity index (χ4n) is 1.59. The van der Waals surface area contributed by atoms with E-state index in [-0.39, 0.29) is 43.4 Å². The minimum Gasteiger partial charge on any atom is -0.394 e. The SMILES string of the molecule is CC(CO)OCCCNC(=O)CCN1C(=O)C=CC1=O. The van der Waals surface area contributed by atoms with Crippen LogP contribution in [0.3, 0.4) is 0 Å². The van der Waals surface area contributed by atoms with Crippen LogP contribution in [0.5, 0.6) is 0 Å². The second kappa shape index (κ2) is 8.44. The van der Waals surface area contributed by atoms with E-state index in [9.17, 15) is 14.4 Å². The van der Waals surface area contributed by atoms with E-state index in [1.807, 2.05) is 0 Å². The molecule has 2 N–H and O–H groups in total. The molecule has 1 aliphatic rings. The van der Waals surface area contributed by atoms with Gasteiger partial charge in [0.1, 0.15) is 0 Å². The molecule has 0 aliphatic carbocycles. The van der Waals surface area contributed by atoms with Crippen molar-refractivity contribution in [2.24, 2.45) is 0 Å². The summed E-state index contributed by atoms with van der Waals surface area (Å²) in [6.07, 6.45) is 2.91. The first kappa shape index (κ1) is 16.3. The summed E-state index contributed by atoms with van der Waals surface area (Å²) >= 11 is 0. The maximum Gasteiger partial charge on any atom is 0.253 e. The smallest absolute Gasteiger partial charge is 0.253 e. The van der Waals surface area contributed by atoms with Gasteiger partial charge in [-0.15, -0.1) is 0 Å². The number of aliphatic hydroxyl groups excluding tert-OH is 1. The van der Waals surface area contributed by atoms with Gasteiger partial charge in [0.05, 0.1) is 12.7 Å². The predicted molar refractivity (Wildman–Crippen MR) is 70.6 cm³/mol. The highest BCUT2D eigenvalue weighted by Gasteiger charge is 2.23. The maximum atomic E-state index is 11.5. The quantitative estimate of drug-likeness (QED) is 0.427. The molecule has 112 valence electrons. The molecule has 0 fully saturated rings. The zero-order chi connectivity index (χ0) is 15.0. The zero-order valence-electron chi connectivity index (χ0n) is 11.5. The Balaban J connectivity index is 2.06. The minimum absolute atomic E-state index is 0.0295. The van der Waals surface area contributed by atoms with Crippen molar-refractivity contribution in [2.45, 2.75) is 25.9 Å². The Morgan fingerprint density at radius 3 is 2.65 bits per heavy atom. The first-order chi connectivity index (χ1) is 9.54. The topological polar surface area (TPSA) is 95.9 Å². The van der Waals surface area contributed by atoms with Gasteiger partial charge >= 0.3 is 0 Å². The number of imide groups is 1. The van der Waals surface area contributed by atoms with E-state index in [0.717, 1.165) is 4.90 Å². The summed E-state index contributed by atoms with van der Waals surface area (Å²) in [4.78, 5) is 35.0. The number of nitrogens with one attached hydrogen (secondary N) is 1. The van der Waals surface area contributed by atoms with Crippen molar-refractivity contribution < 1.29 is 24.2 Å². The molecule has 0 aromatic rings. The van der Waals surface area contributed by atoms with Crippen molar-refractivity contribution in [3.05, 3.63) is 12.2 Å². The number of aliphatic hydroxyl groups is 1. The summed E-state index contributed by atoms with van der Waals surface area (Å²) in [6, 6.07) is 0. The van der Waals surface area contributed by atoms with E-state index in [1.165, 1.54) is 12.2 Å². The van der Waals surface area contributed by atoms with Crippen LogP contribution in [0.2, 0.25) is 0 Å². The van der Waals surface area contributed by atoms with Crippen LogP contribution in [0.15, 0.2) is 12.2 Å². The number of hydrogen-bond donors (Lipinski definition) is 2. The van der Waals surface area contributed by atoms with Crippen molar-refractivity contribution in [1.82, 2.24) is 10.2 Å². The van der Waals surface area contributed by atoms with Crippen LogP contribution < -0.4 is 5.32 Å². The molecule has 0 radical (unpaired) electrons. The fraction of sp³-hybridized carbons (Fsp3) is 0.615. The van der Waals surface area contributed by atoms with Crippen LogP contribution in [0, 0.1) is 0 Å². The van der Waals surface area contributed by atoms with E-state index in [2.05, 4.69) is 5.32 Å². The van der Waals surface area contributed by atoms with Crippen LogP contribution in [0.1, 0.15) is 19.8 Å². The van der Waals surface area contributed by atoms with Gasteiger partial charge in [0.2, 0.25) is 5.91 Å². The van der Waals surface area contributed by atoms with Gasteiger partial charge in [-0.1, -0.05) is 0 Å². The molecule has 0 aromatic carbocycles. The molecule has 7 heteroatoms. The summed E-state index contributed by atoms with van der Waals surface area (Å²) in [5.74, 6) is -0.976. The Morgan fingerprint density at radius 1 is 1.40 bits per heavy atom. The third-order valence-corrected chi connectivity index (χ3v) is 2.77. The van der Waals surface area contributed by atoms with Gasteiger partial charge in [-0.25, -0.2) is 0 Å². The second-order valence-electron chi connectivity index (χ2n) is 4.48. The first-order valence-corrected chi connectivity index (χ1v) is 6.57. The minimum atomic E-state index is -0.380. The normalized spacial score (nSPS) is 15.8. The third-order valence-electron chi connectivity index (χ3n) is 2.77. The number of carbonyl (C=O) groups excluding carboxylic acids is 3. The Bertz CT molecular complexity index is 376. The van der Waals surface area contributed by atoms with Crippen LogP contribution >= 0.6 is 0 Å². The lowest BCUT2D eigenvalue weighted by Gasteiger charge is -2.13. The summed E-state index contributed by atoms with van der Waals surface area (Å²) in [7, 11) is 0. The van der Waals surface area contributed by atoms with E-state index in [1.54, 1.807) is 6.92 Å². The number of rotatable bonds is 9. The molecule has 0 aromatic heterocycles. The van der Waals surface area contributed by atoms with Crippen molar-refractivity contribution in [1.29, 1.82) is 0 Å². The summed E-state index contributed by atoms with van der Waals surface area (Å²) in [6.45, 7) is 2.73. The van der Waals surface area contributed by atoms with Gasteiger partial charge in [-0.2, -0.15) is 0 Å². The fourth-order valence-corrected chi connectivity index (χ4v) is 1.59. The highest BCUT2D eigenvalue weighted by atomic mass is 16.5. The molecule has 3 amide bonds. The molecule has 1 aliphatic heterocycles. The summed E-state index contributed by atoms with van der Waals surface area (Å²) in [5.41, 5.74) is 0. The molecule has 1 atom stereocenters. The van der Waals surface area contributed by atoms with Gasteiger partial charge in [-0.3, -0.25) is 19.3 Å². The van der Waals surface area contributed by atoms with Crippen molar-refractivity contribution in [3.63, 3.8) is 0 Å². The highest BCUT2D eigenvalue weighted by Crippen LogP contribution is 2.03. The maximum absolute atomic E-state index is 11.5. The molecular formula is C13H20N2O5. The third kappa shape index (κ3) is 5.50. The Labute approximate surface area is 117 Å². The lowest BCUT2D eigenvalue weighted by molar-refractivity contribution is -0.137. The number of ether oxygens (including phenoxy) is 1. The van der Waals surface area contributed by atoms with Crippen LogP contribution in [0.4, 0.5) is 0 Å². The monoisotopic (exact) mass is 284 g/mol. The van der Waals surface area contributed by atoms with Crippen molar-refractivity contribution >= 4 is 17.7 Å². The Morgan fingerprint density at radius 2 is 2.05 bits per heavy atom. The molecule has 0 saturated heterocycles. The lowest BCUT2D eigenvalue weighted by Crippen LogP contribution is -2.35. The van der Waals surface area contributed by atoms with Crippen molar-refractivity contribution in [3.8, 4) is 0 Å².